The molecule has 0 bridgehead atoms. The Kier molecular flexibility index (Phi) is 9.30. The molecule has 4 aromatic rings. The first-order valence-corrected chi connectivity index (χ1v) is 13.6. The number of ether oxygens (including phenoxy) is 2. The minimum Gasteiger partial charge on any atom is -0.507 e. The van der Waals surface area contributed by atoms with E-state index in [-0.39, 0.29) is 33.9 Å². The molecule has 0 spiro atoms. The van der Waals surface area contributed by atoms with E-state index in [1.165, 1.54) is 22.8 Å². The maximum Gasteiger partial charge on any atom is 0.255 e. The third kappa shape index (κ3) is 7.34. The summed E-state index contributed by atoms with van der Waals surface area (Å²) in [6.45, 7) is 6.68. The molecule has 0 saturated carbocycles. The molecule has 220 valence electrons. The van der Waals surface area contributed by atoms with Gasteiger partial charge in [-0.1, -0.05) is 32.0 Å². The Morgan fingerprint density at radius 1 is 0.976 bits per heavy atom. The van der Waals surface area contributed by atoms with Crippen LogP contribution >= 0.6 is 0 Å². The second-order valence-corrected chi connectivity index (χ2v) is 10.8. The van der Waals surface area contributed by atoms with Gasteiger partial charge < -0.3 is 24.5 Å². The first-order chi connectivity index (χ1) is 20.0. The number of phenolic OH excluding ortho intramolecular Hbond substituents is 1. The number of phenols is 1. The van der Waals surface area contributed by atoms with Gasteiger partial charge in [-0.05, 0) is 67.1 Å². The summed E-state index contributed by atoms with van der Waals surface area (Å²) >= 11 is 0. The number of rotatable bonds is 11. The summed E-state index contributed by atoms with van der Waals surface area (Å²) in [7, 11) is 1.62. The summed E-state index contributed by atoms with van der Waals surface area (Å²) < 4.78 is 41.2. The third-order valence-electron chi connectivity index (χ3n) is 6.86. The maximum absolute atomic E-state index is 14.5. The van der Waals surface area contributed by atoms with Crippen molar-refractivity contribution in [2.24, 2.45) is 12.5 Å². The van der Waals surface area contributed by atoms with Crippen LogP contribution in [-0.4, -0.2) is 28.7 Å². The molecule has 0 fully saturated rings. The number of carbonyl (C=O) groups excluding carboxylic acids is 1. The van der Waals surface area contributed by atoms with Crippen molar-refractivity contribution in [2.45, 2.75) is 33.6 Å². The molecule has 1 amide bonds. The first kappa shape index (κ1) is 30.3. The summed E-state index contributed by atoms with van der Waals surface area (Å²) in [6.07, 6.45) is 2.90. The van der Waals surface area contributed by atoms with Gasteiger partial charge in [0, 0.05) is 43.0 Å². The number of hydrogen-bond donors (Lipinski definition) is 2. The largest absolute Gasteiger partial charge is 0.507 e. The number of carbonyl (C=O) groups is 1. The highest BCUT2D eigenvalue weighted by molar-refractivity contribution is 5.96. The number of hydrogen-bond acceptors (Lipinski definition) is 5. The van der Waals surface area contributed by atoms with Gasteiger partial charge in [0.05, 0.1) is 12.2 Å². The number of pyridine rings is 1. The molecule has 0 unspecified atom stereocenters. The molecular formula is C33H34F2N2O5. The fourth-order valence-corrected chi connectivity index (χ4v) is 4.67. The molecule has 1 heterocycles. The highest BCUT2D eigenvalue weighted by Gasteiger charge is 2.22. The van der Waals surface area contributed by atoms with E-state index in [1.54, 1.807) is 37.5 Å². The minimum atomic E-state index is -0.845. The lowest BCUT2D eigenvalue weighted by atomic mass is 9.82. The van der Waals surface area contributed by atoms with Gasteiger partial charge >= 0.3 is 0 Å². The number of benzene rings is 3. The number of aryl methyl sites for hydroxylation is 1. The lowest BCUT2D eigenvalue weighted by Gasteiger charge is -2.26. The molecule has 4 rings (SSSR count). The van der Waals surface area contributed by atoms with E-state index < -0.39 is 11.6 Å². The van der Waals surface area contributed by atoms with Gasteiger partial charge in [0.2, 0.25) is 0 Å². The maximum atomic E-state index is 14.5. The number of para-hydroxylation sites is 1. The highest BCUT2D eigenvalue weighted by Crippen LogP contribution is 2.40. The molecule has 7 nitrogen and oxygen atoms in total. The first-order valence-electron chi connectivity index (χ1n) is 13.6. The predicted octanol–water partition coefficient (Wildman–Crippen LogP) is 6.62. The molecule has 3 aromatic carbocycles. The fraction of sp³-hybridized carbons (Fsp3) is 0.273. The number of nitrogens with zero attached hydrogens (tertiary/aromatic N) is 1. The van der Waals surface area contributed by atoms with E-state index >= 15 is 0 Å². The van der Waals surface area contributed by atoms with E-state index in [9.17, 15) is 23.5 Å². The number of nitrogens with one attached hydrogen (secondary N) is 1. The highest BCUT2D eigenvalue weighted by atomic mass is 19.1. The van der Waals surface area contributed by atoms with E-state index in [0.717, 1.165) is 17.7 Å². The van der Waals surface area contributed by atoms with E-state index in [2.05, 4.69) is 19.2 Å². The van der Waals surface area contributed by atoms with Crippen molar-refractivity contribution in [2.75, 3.05) is 13.2 Å². The Morgan fingerprint density at radius 3 is 2.43 bits per heavy atom. The van der Waals surface area contributed by atoms with Gasteiger partial charge in [-0.15, -0.1) is 0 Å². The van der Waals surface area contributed by atoms with Crippen molar-refractivity contribution in [3.05, 3.63) is 106 Å². The van der Waals surface area contributed by atoms with Crippen molar-refractivity contribution in [1.82, 2.24) is 9.88 Å². The summed E-state index contributed by atoms with van der Waals surface area (Å²) in [4.78, 5) is 24.9. The minimum absolute atomic E-state index is 0.0746. The van der Waals surface area contributed by atoms with Crippen LogP contribution in [0.25, 0.3) is 11.1 Å². The van der Waals surface area contributed by atoms with Crippen LogP contribution in [0.5, 0.6) is 23.0 Å². The van der Waals surface area contributed by atoms with Crippen molar-refractivity contribution < 1.29 is 28.2 Å². The second-order valence-electron chi connectivity index (χ2n) is 10.8. The van der Waals surface area contributed by atoms with Gasteiger partial charge in [0.25, 0.3) is 11.5 Å². The van der Waals surface area contributed by atoms with Crippen LogP contribution in [0.1, 0.15) is 43.1 Å². The molecule has 2 N–H and O–H groups in total. The van der Waals surface area contributed by atoms with Crippen LogP contribution in [0.3, 0.4) is 0 Å². The Balaban J connectivity index is 1.63. The van der Waals surface area contributed by atoms with Crippen LogP contribution in [0.4, 0.5) is 8.78 Å². The molecule has 1 aromatic heterocycles. The number of aromatic nitrogens is 1. The number of halogens is 2. The van der Waals surface area contributed by atoms with E-state index in [0.29, 0.717) is 48.6 Å². The summed E-state index contributed by atoms with van der Waals surface area (Å²) in [6, 6.07) is 16.3. The zero-order valence-corrected chi connectivity index (χ0v) is 24.0. The molecule has 0 aliphatic carbocycles. The summed E-state index contributed by atoms with van der Waals surface area (Å²) in [5, 5.41) is 12.8. The molecule has 9 heteroatoms. The fourth-order valence-electron chi connectivity index (χ4n) is 4.67. The second kappa shape index (κ2) is 12.9. The Hall–Kier alpha value is -4.66. The van der Waals surface area contributed by atoms with Crippen molar-refractivity contribution in [3.63, 3.8) is 0 Å². The zero-order valence-electron chi connectivity index (χ0n) is 24.0. The Labute approximate surface area is 243 Å². The zero-order chi connectivity index (χ0) is 30.4. The van der Waals surface area contributed by atoms with Gasteiger partial charge in [-0.3, -0.25) is 9.59 Å². The van der Waals surface area contributed by atoms with Gasteiger partial charge in [0.15, 0.2) is 11.6 Å². The quantitative estimate of drug-likeness (QED) is 0.210. The van der Waals surface area contributed by atoms with Crippen molar-refractivity contribution >= 4 is 5.91 Å². The van der Waals surface area contributed by atoms with Crippen LogP contribution in [0.2, 0.25) is 0 Å². The third-order valence-corrected chi connectivity index (χ3v) is 6.86. The monoisotopic (exact) mass is 576 g/mol. The number of amides is 1. The lowest BCUT2D eigenvalue weighted by Crippen LogP contribution is -2.29. The molecule has 0 aliphatic rings. The van der Waals surface area contributed by atoms with Crippen LogP contribution in [0, 0.1) is 17.0 Å². The molecular weight excluding hydrogens is 542 g/mol. The average molecular weight is 577 g/mol. The standard InChI is InChI=1S/C33H34F2N2O5/c1-5-41-30-18-31(39)37(4)20-25(30)24-16-21(10-12-28(24)42-29-13-11-22(34)17-26(29)35)19-33(2,3)14-15-36-32(40)23-8-6-7-9-27(23)38/h6-13,16-18,20,38H,5,14-15,19H2,1-4H3,(H,36,40). The van der Waals surface area contributed by atoms with Crippen molar-refractivity contribution in [3.8, 4) is 34.1 Å². The van der Waals surface area contributed by atoms with Crippen molar-refractivity contribution in [1.29, 1.82) is 0 Å². The summed E-state index contributed by atoms with van der Waals surface area (Å²) in [5.74, 6) is -1.47. The van der Waals surface area contributed by atoms with Crippen LogP contribution in [0.15, 0.2) is 77.7 Å². The molecule has 0 atom stereocenters. The van der Waals surface area contributed by atoms with Crippen LogP contribution in [-0.2, 0) is 13.5 Å². The van der Waals surface area contributed by atoms with E-state index in [4.69, 9.17) is 9.47 Å². The lowest BCUT2D eigenvalue weighted by molar-refractivity contribution is 0.0946. The normalized spacial score (nSPS) is 11.3. The smallest absolute Gasteiger partial charge is 0.255 e. The Morgan fingerprint density at radius 2 is 1.71 bits per heavy atom. The summed E-state index contributed by atoms with van der Waals surface area (Å²) in [5.41, 5.74) is 1.80. The van der Waals surface area contributed by atoms with Gasteiger partial charge in [-0.25, -0.2) is 8.78 Å². The van der Waals surface area contributed by atoms with E-state index in [1.807, 2.05) is 19.1 Å². The molecule has 42 heavy (non-hydrogen) atoms. The van der Waals surface area contributed by atoms with Crippen LogP contribution < -0.4 is 20.3 Å². The predicted molar refractivity (Wildman–Crippen MR) is 157 cm³/mol. The topological polar surface area (TPSA) is 89.8 Å². The number of aromatic hydroxyl groups is 1. The van der Waals surface area contributed by atoms with Gasteiger partial charge in [0.1, 0.15) is 23.1 Å². The van der Waals surface area contributed by atoms with Gasteiger partial charge in [-0.2, -0.15) is 0 Å². The average Bonchev–Trinajstić information content (AvgIpc) is 2.93. The molecule has 0 saturated heterocycles. The SMILES string of the molecule is CCOc1cc(=O)n(C)cc1-c1cc(CC(C)(C)CCNC(=O)c2ccccc2O)ccc1Oc1ccc(F)cc1F. The Bertz CT molecular complexity index is 1650. The molecule has 0 aliphatic heterocycles. The molecule has 0 radical (unpaired) electrons.